The van der Waals surface area contributed by atoms with Crippen molar-refractivity contribution in [3.8, 4) is 0 Å². The average Bonchev–Trinajstić information content (AvgIpc) is 2.63. The number of nitrogens with two attached hydrogens (primary N) is 1. The Hall–Kier alpha value is -0.160. The molecule has 4 heteroatoms. The van der Waals surface area contributed by atoms with Crippen LogP contribution in [-0.4, -0.2) is 44.2 Å². The molecule has 0 saturated carbocycles. The van der Waals surface area contributed by atoms with Gasteiger partial charge in [-0.3, -0.25) is 0 Å². The number of ether oxygens (including phenoxy) is 3. The predicted octanol–water partition coefficient (Wildman–Crippen LogP) is 1.32. The molecule has 0 aromatic heterocycles. The quantitative estimate of drug-likeness (QED) is 0.701. The summed E-state index contributed by atoms with van der Waals surface area (Å²) in [6.45, 7) is 8.66. The molecule has 2 N–H and O–H groups in total. The van der Waals surface area contributed by atoms with Crippen molar-refractivity contribution in [1.29, 1.82) is 0 Å². The minimum Gasteiger partial charge on any atom is -0.376 e. The average molecular weight is 231 g/mol. The Balaban J connectivity index is 1.96. The zero-order valence-corrected chi connectivity index (χ0v) is 10.7. The van der Waals surface area contributed by atoms with E-state index in [0.717, 1.165) is 12.8 Å². The van der Waals surface area contributed by atoms with Crippen LogP contribution in [0.1, 0.15) is 33.6 Å². The normalized spacial score (nSPS) is 26.2. The van der Waals surface area contributed by atoms with Crippen molar-refractivity contribution in [2.24, 2.45) is 5.73 Å². The van der Waals surface area contributed by atoms with E-state index in [1.165, 1.54) is 0 Å². The fraction of sp³-hybridized carbons (Fsp3) is 1.00. The van der Waals surface area contributed by atoms with Crippen LogP contribution in [0.25, 0.3) is 0 Å². The molecule has 0 bridgehead atoms. The number of rotatable bonds is 6. The molecule has 0 spiro atoms. The number of hydrogen-bond acceptors (Lipinski definition) is 4. The van der Waals surface area contributed by atoms with Crippen LogP contribution in [0, 0.1) is 0 Å². The van der Waals surface area contributed by atoms with Crippen LogP contribution in [-0.2, 0) is 14.2 Å². The van der Waals surface area contributed by atoms with Crippen molar-refractivity contribution in [1.82, 2.24) is 0 Å². The van der Waals surface area contributed by atoms with Crippen LogP contribution >= 0.6 is 0 Å². The lowest BCUT2D eigenvalue weighted by atomic mass is 10.2. The first kappa shape index (κ1) is 13.9. The van der Waals surface area contributed by atoms with E-state index in [0.29, 0.717) is 26.4 Å². The van der Waals surface area contributed by atoms with Crippen molar-refractivity contribution in [3.05, 3.63) is 0 Å². The second-order valence-corrected chi connectivity index (χ2v) is 5.23. The molecule has 1 saturated heterocycles. The molecule has 1 rings (SSSR count). The van der Waals surface area contributed by atoms with Crippen molar-refractivity contribution >= 4 is 0 Å². The van der Waals surface area contributed by atoms with Gasteiger partial charge in [0.25, 0.3) is 0 Å². The molecule has 4 nitrogen and oxygen atoms in total. The summed E-state index contributed by atoms with van der Waals surface area (Å²) in [5.74, 6) is 0. The Kier molecular flexibility index (Phi) is 5.69. The molecule has 0 aromatic carbocycles. The largest absolute Gasteiger partial charge is 0.376 e. The maximum Gasteiger partial charge on any atom is 0.0813 e. The smallest absolute Gasteiger partial charge is 0.0813 e. The molecule has 16 heavy (non-hydrogen) atoms. The SMILES string of the molecule is CC(C)(C)OCCOCC1CCC(CN)O1. The van der Waals surface area contributed by atoms with Crippen LogP contribution in [0.15, 0.2) is 0 Å². The van der Waals surface area contributed by atoms with Crippen molar-refractivity contribution in [2.75, 3.05) is 26.4 Å². The molecule has 0 aromatic rings. The standard InChI is InChI=1S/C12H25NO3/c1-12(2,3)15-7-6-14-9-11-5-4-10(8-13)16-11/h10-11H,4-9,13H2,1-3H3. The summed E-state index contributed by atoms with van der Waals surface area (Å²) in [4.78, 5) is 0. The van der Waals surface area contributed by atoms with Gasteiger partial charge in [0, 0.05) is 6.54 Å². The van der Waals surface area contributed by atoms with Gasteiger partial charge in [-0.15, -0.1) is 0 Å². The van der Waals surface area contributed by atoms with E-state index in [4.69, 9.17) is 19.9 Å². The number of hydrogen-bond donors (Lipinski definition) is 1. The molecule has 96 valence electrons. The van der Waals surface area contributed by atoms with E-state index in [1.807, 2.05) is 20.8 Å². The summed E-state index contributed by atoms with van der Waals surface area (Å²) in [5, 5.41) is 0. The molecule has 2 unspecified atom stereocenters. The van der Waals surface area contributed by atoms with Gasteiger partial charge in [0.05, 0.1) is 37.6 Å². The molecule has 1 aliphatic rings. The van der Waals surface area contributed by atoms with Gasteiger partial charge >= 0.3 is 0 Å². The Bertz CT molecular complexity index is 191. The minimum atomic E-state index is -0.0855. The Morgan fingerprint density at radius 2 is 1.88 bits per heavy atom. The van der Waals surface area contributed by atoms with Crippen molar-refractivity contribution < 1.29 is 14.2 Å². The monoisotopic (exact) mass is 231 g/mol. The topological polar surface area (TPSA) is 53.7 Å². The molecular weight excluding hydrogens is 206 g/mol. The van der Waals surface area contributed by atoms with Gasteiger partial charge in [0.1, 0.15) is 0 Å². The molecule has 0 aliphatic carbocycles. The van der Waals surface area contributed by atoms with Crippen LogP contribution in [0.3, 0.4) is 0 Å². The molecular formula is C12H25NO3. The fourth-order valence-electron chi connectivity index (χ4n) is 1.70. The summed E-state index contributed by atoms with van der Waals surface area (Å²) < 4.78 is 16.7. The first-order valence-electron chi connectivity index (χ1n) is 6.08. The van der Waals surface area contributed by atoms with Crippen LogP contribution in [0.2, 0.25) is 0 Å². The summed E-state index contributed by atoms with van der Waals surface area (Å²) in [6.07, 6.45) is 2.58. The highest BCUT2D eigenvalue weighted by atomic mass is 16.6. The van der Waals surface area contributed by atoms with Gasteiger partial charge in [0.15, 0.2) is 0 Å². The van der Waals surface area contributed by atoms with Gasteiger partial charge in [-0.1, -0.05) is 0 Å². The maximum absolute atomic E-state index is 5.67. The van der Waals surface area contributed by atoms with E-state index in [1.54, 1.807) is 0 Å². The third kappa shape index (κ3) is 5.80. The Morgan fingerprint density at radius 3 is 2.44 bits per heavy atom. The summed E-state index contributed by atoms with van der Waals surface area (Å²) >= 11 is 0. The highest BCUT2D eigenvalue weighted by molar-refractivity contribution is 4.73. The molecule has 1 heterocycles. The van der Waals surface area contributed by atoms with E-state index in [2.05, 4.69) is 0 Å². The second kappa shape index (κ2) is 6.55. The molecule has 1 aliphatic heterocycles. The van der Waals surface area contributed by atoms with Gasteiger partial charge in [-0.05, 0) is 33.6 Å². The minimum absolute atomic E-state index is 0.0855. The lowest BCUT2D eigenvalue weighted by Gasteiger charge is -2.19. The van der Waals surface area contributed by atoms with E-state index < -0.39 is 0 Å². The van der Waals surface area contributed by atoms with Gasteiger partial charge in [-0.25, -0.2) is 0 Å². The lowest BCUT2D eigenvalue weighted by Crippen LogP contribution is -2.25. The molecule has 2 atom stereocenters. The van der Waals surface area contributed by atoms with Gasteiger partial charge in [-0.2, -0.15) is 0 Å². The zero-order valence-electron chi connectivity index (χ0n) is 10.7. The fourth-order valence-corrected chi connectivity index (χ4v) is 1.70. The van der Waals surface area contributed by atoms with Crippen LogP contribution in [0.4, 0.5) is 0 Å². The highest BCUT2D eigenvalue weighted by Crippen LogP contribution is 2.18. The van der Waals surface area contributed by atoms with E-state index >= 15 is 0 Å². The maximum atomic E-state index is 5.67. The van der Waals surface area contributed by atoms with Gasteiger partial charge < -0.3 is 19.9 Å². The second-order valence-electron chi connectivity index (χ2n) is 5.23. The first-order chi connectivity index (χ1) is 7.51. The van der Waals surface area contributed by atoms with Crippen molar-refractivity contribution in [2.45, 2.75) is 51.4 Å². The summed E-state index contributed by atoms with van der Waals surface area (Å²) in [5.41, 5.74) is 5.45. The zero-order chi connectivity index (χ0) is 12.0. The molecule has 0 radical (unpaired) electrons. The summed E-state index contributed by atoms with van der Waals surface area (Å²) in [7, 11) is 0. The highest BCUT2D eigenvalue weighted by Gasteiger charge is 2.23. The van der Waals surface area contributed by atoms with Crippen LogP contribution < -0.4 is 5.73 Å². The Morgan fingerprint density at radius 1 is 1.19 bits per heavy atom. The molecule has 1 fully saturated rings. The van der Waals surface area contributed by atoms with E-state index in [-0.39, 0.29) is 17.8 Å². The summed E-state index contributed by atoms with van der Waals surface area (Å²) in [6, 6.07) is 0. The van der Waals surface area contributed by atoms with E-state index in [9.17, 15) is 0 Å². The van der Waals surface area contributed by atoms with Crippen LogP contribution in [0.5, 0.6) is 0 Å². The third-order valence-corrected chi connectivity index (χ3v) is 2.52. The first-order valence-corrected chi connectivity index (χ1v) is 6.08. The van der Waals surface area contributed by atoms with Gasteiger partial charge in [0.2, 0.25) is 0 Å². The molecule has 0 amide bonds. The predicted molar refractivity (Wildman–Crippen MR) is 63.5 cm³/mol. The Labute approximate surface area is 98.4 Å². The lowest BCUT2D eigenvalue weighted by molar-refractivity contribution is -0.0569. The van der Waals surface area contributed by atoms with Crippen molar-refractivity contribution in [3.63, 3.8) is 0 Å². The third-order valence-electron chi connectivity index (χ3n) is 2.52.